The summed E-state index contributed by atoms with van der Waals surface area (Å²) in [5.74, 6) is 0.739. The van der Waals surface area contributed by atoms with Crippen molar-refractivity contribution in [2.75, 3.05) is 6.61 Å². The molecule has 1 fully saturated rings. The van der Waals surface area contributed by atoms with Crippen molar-refractivity contribution in [2.45, 2.75) is 58.5 Å². The maximum atomic E-state index is 12.2. The predicted molar refractivity (Wildman–Crippen MR) is 83.2 cm³/mol. The normalized spacial score (nSPS) is 21.4. The summed E-state index contributed by atoms with van der Waals surface area (Å²) < 4.78 is 10.7. The summed E-state index contributed by atoms with van der Waals surface area (Å²) in [4.78, 5) is 12.2. The second kappa shape index (κ2) is 8.18. The van der Waals surface area contributed by atoms with Gasteiger partial charge in [0, 0.05) is 6.42 Å². The first-order valence-corrected chi connectivity index (χ1v) is 8.02. The monoisotopic (exact) mass is 290 g/mol. The van der Waals surface area contributed by atoms with Crippen molar-refractivity contribution in [2.24, 2.45) is 5.92 Å². The van der Waals surface area contributed by atoms with E-state index >= 15 is 0 Å². The van der Waals surface area contributed by atoms with Crippen LogP contribution in [0, 0.1) is 5.92 Å². The molecule has 1 aliphatic rings. The van der Waals surface area contributed by atoms with Gasteiger partial charge in [-0.05, 0) is 69.1 Å². The van der Waals surface area contributed by atoms with Crippen molar-refractivity contribution in [1.82, 2.24) is 0 Å². The van der Waals surface area contributed by atoms with Crippen LogP contribution in [0.1, 0.15) is 51.5 Å². The molecule has 1 unspecified atom stereocenters. The van der Waals surface area contributed by atoms with Gasteiger partial charge in [-0.1, -0.05) is 6.08 Å². The van der Waals surface area contributed by atoms with E-state index in [9.17, 15) is 4.79 Å². The number of ketones is 1. The van der Waals surface area contributed by atoms with Gasteiger partial charge in [-0.2, -0.15) is 0 Å². The Morgan fingerprint density at radius 2 is 2.33 bits per heavy atom. The lowest BCUT2D eigenvalue weighted by molar-refractivity contribution is -0.117. The van der Waals surface area contributed by atoms with Crippen molar-refractivity contribution in [3.05, 3.63) is 35.8 Å². The zero-order valence-electron chi connectivity index (χ0n) is 13.1. The molecule has 0 bridgehead atoms. The van der Waals surface area contributed by atoms with Crippen molar-refractivity contribution in [3.63, 3.8) is 0 Å². The molecule has 0 aromatic carbocycles. The van der Waals surface area contributed by atoms with Crippen LogP contribution in [0.4, 0.5) is 0 Å². The van der Waals surface area contributed by atoms with Crippen LogP contribution in [0.25, 0.3) is 0 Å². The molecular formula is C18H26O3. The second-order valence-electron chi connectivity index (χ2n) is 6.05. The Labute approximate surface area is 127 Å². The van der Waals surface area contributed by atoms with Crippen LogP contribution < -0.4 is 0 Å². The summed E-state index contributed by atoms with van der Waals surface area (Å²) in [6.07, 6.45) is 11.6. The third-order valence-electron chi connectivity index (χ3n) is 4.01. The number of allylic oxidation sites excluding steroid dienone is 1. The molecule has 0 saturated heterocycles. The zero-order chi connectivity index (χ0) is 15.1. The number of ether oxygens (including phenoxy) is 1. The molecule has 1 atom stereocenters. The molecule has 1 saturated carbocycles. The topological polar surface area (TPSA) is 39.4 Å². The predicted octanol–water partition coefficient (Wildman–Crippen LogP) is 4.32. The second-order valence-corrected chi connectivity index (χ2v) is 6.05. The van der Waals surface area contributed by atoms with Gasteiger partial charge in [-0.25, -0.2) is 0 Å². The van der Waals surface area contributed by atoms with Gasteiger partial charge in [0.2, 0.25) is 0 Å². The van der Waals surface area contributed by atoms with Crippen LogP contribution in [-0.4, -0.2) is 18.5 Å². The number of carbonyl (C=O) groups is 1. The number of aryl methyl sites for hydroxylation is 1. The number of rotatable bonds is 7. The Morgan fingerprint density at radius 1 is 1.48 bits per heavy atom. The minimum atomic E-state index is 0.252. The quantitative estimate of drug-likeness (QED) is 0.554. The molecule has 21 heavy (non-hydrogen) atoms. The van der Waals surface area contributed by atoms with E-state index in [4.69, 9.17) is 9.15 Å². The third kappa shape index (κ3) is 5.16. The maximum absolute atomic E-state index is 12.2. The smallest absolute Gasteiger partial charge is 0.158 e. The van der Waals surface area contributed by atoms with Crippen LogP contribution in [0.15, 0.2) is 34.7 Å². The molecule has 3 nitrogen and oxygen atoms in total. The first kappa shape index (κ1) is 16.0. The van der Waals surface area contributed by atoms with Crippen LogP contribution in [-0.2, 0) is 16.0 Å². The van der Waals surface area contributed by atoms with Gasteiger partial charge >= 0.3 is 0 Å². The summed E-state index contributed by atoms with van der Waals surface area (Å²) in [6, 6.07) is 2.00. The molecule has 0 amide bonds. The van der Waals surface area contributed by atoms with Crippen molar-refractivity contribution in [3.8, 4) is 0 Å². The first-order valence-electron chi connectivity index (χ1n) is 8.02. The number of hydrogen-bond acceptors (Lipinski definition) is 3. The van der Waals surface area contributed by atoms with Crippen molar-refractivity contribution < 1.29 is 13.9 Å². The summed E-state index contributed by atoms with van der Waals surface area (Å²) in [6.45, 7) is 4.77. The highest BCUT2D eigenvalue weighted by Gasteiger charge is 2.25. The van der Waals surface area contributed by atoms with E-state index in [0.29, 0.717) is 24.7 Å². The molecule has 0 spiro atoms. The van der Waals surface area contributed by atoms with Crippen molar-refractivity contribution in [1.29, 1.82) is 0 Å². The largest absolute Gasteiger partial charge is 0.472 e. The highest BCUT2D eigenvalue weighted by molar-refractivity contribution is 5.96. The van der Waals surface area contributed by atoms with E-state index in [0.717, 1.165) is 37.7 Å². The summed E-state index contributed by atoms with van der Waals surface area (Å²) in [5, 5.41) is 0. The maximum Gasteiger partial charge on any atom is 0.158 e. The van der Waals surface area contributed by atoms with Gasteiger partial charge in [0.05, 0.1) is 25.2 Å². The molecule has 0 N–H and O–H groups in total. The Balaban J connectivity index is 1.89. The molecule has 1 heterocycles. The van der Waals surface area contributed by atoms with Crippen LogP contribution >= 0.6 is 0 Å². The molecule has 1 aliphatic carbocycles. The number of furan rings is 1. The van der Waals surface area contributed by atoms with Gasteiger partial charge in [0.25, 0.3) is 0 Å². The fourth-order valence-corrected chi connectivity index (χ4v) is 2.91. The molecule has 116 valence electrons. The van der Waals surface area contributed by atoms with Gasteiger partial charge in [-0.15, -0.1) is 0 Å². The first-order chi connectivity index (χ1) is 10.2. The number of Topliss-reactive ketones (excluding diaryl/α,β-unsaturated/α-hetero) is 1. The van der Waals surface area contributed by atoms with Crippen molar-refractivity contribution >= 4 is 5.78 Å². The third-order valence-corrected chi connectivity index (χ3v) is 4.01. The molecule has 3 heteroatoms. The van der Waals surface area contributed by atoms with Gasteiger partial charge in [-0.3, -0.25) is 4.79 Å². The number of carbonyl (C=O) groups excluding carboxylic acids is 1. The molecule has 2 rings (SSSR count). The Hall–Kier alpha value is -1.35. The van der Waals surface area contributed by atoms with Gasteiger partial charge in [0.1, 0.15) is 0 Å². The Kier molecular flexibility index (Phi) is 6.24. The Bertz CT molecular complexity index is 457. The van der Waals surface area contributed by atoms with E-state index in [1.54, 1.807) is 12.5 Å². The van der Waals surface area contributed by atoms with E-state index < -0.39 is 0 Å². The summed E-state index contributed by atoms with van der Waals surface area (Å²) >= 11 is 0. The lowest BCUT2D eigenvalue weighted by Gasteiger charge is -2.24. The van der Waals surface area contributed by atoms with E-state index in [1.807, 2.05) is 19.9 Å². The highest BCUT2D eigenvalue weighted by atomic mass is 16.5. The minimum absolute atomic E-state index is 0.252. The molecule has 0 radical (unpaired) electrons. The van der Waals surface area contributed by atoms with E-state index in [-0.39, 0.29) is 6.10 Å². The molecular weight excluding hydrogens is 264 g/mol. The zero-order valence-corrected chi connectivity index (χ0v) is 13.1. The fourth-order valence-electron chi connectivity index (χ4n) is 2.91. The van der Waals surface area contributed by atoms with Crippen LogP contribution in [0.3, 0.4) is 0 Å². The standard InChI is InChI=1S/C18H26O3/c1-14(2)21-11-4-6-17-16(5-3-7-18(17)19)9-8-15-10-12-20-13-15/h6,10,12-14,16H,3-5,7-9,11H2,1-2H3/b17-6-. The minimum Gasteiger partial charge on any atom is -0.472 e. The summed E-state index contributed by atoms with van der Waals surface area (Å²) in [7, 11) is 0. The van der Waals surface area contributed by atoms with Crippen LogP contribution in [0.2, 0.25) is 0 Å². The highest BCUT2D eigenvalue weighted by Crippen LogP contribution is 2.31. The lowest BCUT2D eigenvalue weighted by Crippen LogP contribution is -2.20. The van der Waals surface area contributed by atoms with Gasteiger partial charge < -0.3 is 9.15 Å². The van der Waals surface area contributed by atoms with Gasteiger partial charge in [0.15, 0.2) is 5.78 Å². The SMILES string of the molecule is CC(C)OCC/C=C1\C(=O)CCCC1CCc1ccoc1. The molecule has 1 aromatic rings. The molecule has 0 aliphatic heterocycles. The Morgan fingerprint density at radius 3 is 3.05 bits per heavy atom. The molecule has 1 aromatic heterocycles. The van der Waals surface area contributed by atoms with Crippen LogP contribution in [0.5, 0.6) is 0 Å². The fraction of sp³-hybridized carbons (Fsp3) is 0.611. The lowest BCUT2D eigenvalue weighted by atomic mass is 9.80. The average Bonchev–Trinajstić information content (AvgIpc) is 2.96. The average molecular weight is 290 g/mol. The van der Waals surface area contributed by atoms with E-state index in [1.165, 1.54) is 5.56 Å². The van der Waals surface area contributed by atoms with E-state index in [2.05, 4.69) is 6.08 Å². The summed E-state index contributed by atoms with van der Waals surface area (Å²) in [5.41, 5.74) is 2.26. The number of hydrogen-bond donors (Lipinski definition) is 0.